The monoisotopic (exact) mass is 437 g/mol. The zero-order valence-electron chi connectivity index (χ0n) is 18.4. The highest BCUT2D eigenvalue weighted by molar-refractivity contribution is 6.01. The molecule has 2 saturated heterocycles. The van der Waals surface area contributed by atoms with Crippen molar-refractivity contribution in [3.05, 3.63) is 59.7 Å². The Hall–Kier alpha value is -2.61. The fourth-order valence-corrected chi connectivity index (χ4v) is 4.62. The predicted octanol–water partition coefficient (Wildman–Crippen LogP) is 3.14. The first-order valence-corrected chi connectivity index (χ1v) is 11.6. The molecule has 2 aromatic carbocycles. The van der Waals surface area contributed by atoms with Crippen molar-refractivity contribution in [1.82, 2.24) is 9.80 Å². The fraction of sp³-hybridized carbons (Fsp3) is 0.480. The third-order valence-corrected chi connectivity index (χ3v) is 6.42. The fourth-order valence-electron chi connectivity index (χ4n) is 4.62. The molecule has 0 radical (unpaired) electrons. The second kappa shape index (κ2) is 9.90. The van der Waals surface area contributed by atoms with Crippen LogP contribution in [0.25, 0.3) is 0 Å². The van der Waals surface area contributed by atoms with Gasteiger partial charge in [-0.25, -0.2) is 0 Å². The second-order valence-electron chi connectivity index (χ2n) is 8.56. The average molecular weight is 438 g/mol. The summed E-state index contributed by atoms with van der Waals surface area (Å²) in [4.78, 5) is 17.6. The minimum atomic E-state index is -0.232. The van der Waals surface area contributed by atoms with Crippen LogP contribution >= 0.6 is 0 Å². The number of fused-ring (bicyclic) bond motifs is 1. The second-order valence-corrected chi connectivity index (χ2v) is 8.56. The standard InChI is InChI=1S/C25H31N3O4/c29-25-22-5-1-2-6-23(22)26-24(28(25)18-21-4-3-14-31-21)19-7-9-20(10-8-19)32-17-13-27-11-15-30-16-12-27/h1-2,5-10,21,24,26H,3-4,11-18H2. The van der Waals surface area contributed by atoms with E-state index in [1.165, 1.54) is 0 Å². The Morgan fingerprint density at radius 3 is 2.62 bits per heavy atom. The number of nitrogens with one attached hydrogen (secondary N) is 1. The summed E-state index contributed by atoms with van der Waals surface area (Å²) in [6, 6.07) is 15.8. The van der Waals surface area contributed by atoms with E-state index in [2.05, 4.69) is 10.2 Å². The lowest BCUT2D eigenvalue weighted by atomic mass is 10.0. The predicted molar refractivity (Wildman–Crippen MR) is 122 cm³/mol. The maximum Gasteiger partial charge on any atom is 0.257 e. The van der Waals surface area contributed by atoms with Gasteiger partial charge in [-0.05, 0) is 42.7 Å². The Bertz CT molecular complexity index is 908. The van der Waals surface area contributed by atoms with Crippen molar-refractivity contribution >= 4 is 11.6 Å². The number of nitrogens with zero attached hydrogens (tertiary/aromatic N) is 2. The molecule has 3 heterocycles. The molecule has 5 rings (SSSR count). The molecule has 3 aliphatic heterocycles. The summed E-state index contributed by atoms with van der Waals surface area (Å²) in [5.74, 6) is 0.890. The van der Waals surface area contributed by atoms with Crippen LogP contribution in [0.1, 0.15) is 34.9 Å². The van der Waals surface area contributed by atoms with Crippen molar-refractivity contribution < 1.29 is 19.0 Å². The van der Waals surface area contributed by atoms with Gasteiger partial charge < -0.3 is 24.4 Å². The number of amides is 1. The molecule has 0 aliphatic carbocycles. The highest BCUT2D eigenvalue weighted by Gasteiger charge is 2.35. The Morgan fingerprint density at radius 2 is 1.84 bits per heavy atom. The van der Waals surface area contributed by atoms with Crippen LogP contribution < -0.4 is 10.1 Å². The minimum Gasteiger partial charge on any atom is -0.492 e. The molecule has 7 heteroatoms. The average Bonchev–Trinajstić information content (AvgIpc) is 3.35. The number of carbonyl (C=O) groups is 1. The van der Waals surface area contributed by atoms with Crippen LogP contribution in [-0.2, 0) is 9.47 Å². The number of morpholine rings is 1. The van der Waals surface area contributed by atoms with E-state index in [0.717, 1.165) is 69.3 Å². The van der Waals surface area contributed by atoms with Crippen LogP contribution in [-0.4, -0.2) is 74.4 Å². The summed E-state index contributed by atoms with van der Waals surface area (Å²) >= 11 is 0. The SMILES string of the molecule is O=C1c2ccccc2NC(c2ccc(OCCN3CCOCC3)cc2)N1CC1CCCO1. The van der Waals surface area contributed by atoms with Gasteiger partial charge in [-0.2, -0.15) is 0 Å². The molecule has 0 aromatic heterocycles. The smallest absolute Gasteiger partial charge is 0.257 e. The first-order chi connectivity index (χ1) is 15.8. The topological polar surface area (TPSA) is 63.3 Å². The lowest BCUT2D eigenvalue weighted by Gasteiger charge is -2.39. The highest BCUT2D eigenvalue weighted by Crippen LogP contribution is 2.34. The van der Waals surface area contributed by atoms with E-state index in [0.29, 0.717) is 18.7 Å². The van der Waals surface area contributed by atoms with E-state index in [1.807, 2.05) is 53.4 Å². The van der Waals surface area contributed by atoms with Crippen molar-refractivity contribution in [2.45, 2.75) is 25.1 Å². The Morgan fingerprint density at radius 1 is 1.03 bits per heavy atom. The molecule has 32 heavy (non-hydrogen) atoms. The van der Waals surface area contributed by atoms with Crippen molar-refractivity contribution in [2.75, 3.05) is 57.9 Å². The van der Waals surface area contributed by atoms with E-state index in [4.69, 9.17) is 14.2 Å². The summed E-state index contributed by atoms with van der Waals surface area (Å²) < 4.78 is 17.2. The first kappa shape index (κ1) is 21.2. The van der Waals surface area contributed by atoms with Gasteiger partial charge in [0.15, 0.2) is 0 Å². The van der Waals surface area contributed by atoms with Gasteiger partial charge in [0, 0.05) is 38.5 Å². The van der Waals surface area contributed by atoms with Crippen LogP contribution in [0.3, 0.4) is 0 Å². The molecule has 1 amide bonds. The van der Waals surface area contributed by atoms with Gasteiger partial charge in [0.05, 0.1) is 24.9 Å². The van der Waals surface area contributed by atoms with Gasteiger partial charge >= 0.3 is 0 Å². The molecule has 0 bridgehead atoms. The summed E-state index contributed by atoms with van der Waals surface area (Å²) in [6.07, 6.45) is 1.91. The molecular weight excluding hydrogens is 406 g/mol. The van der Waals surface area contributed by atoms with E-state index < -0.39 is 0 Å². The number of ether oxygens (including phenoxy) is 3. The van der Waals surface area contributed by atoms with Gasteiger partial charge in [0.1, 0.15) is 18.5 Å². The van der Waals surface area contributed by atoms with Gasteiger partial charge in [-0.15, -0.1) is 0 Å². The lowest BCUT2D eigenvalue weighted by molar-refractivity contribution is 0.0322. The molecule has 0 spiro atoms. The van der Waals surface area contributed by atoms with E-state index in [-0.39, 0.29) is 18.2 Å². The number of benzene rings is 2. The third kappa shape index (κ3) is 4.75. The molecule has 2 aromatic rings. The van der Waals surface area contributed by atoms with E-state index in [9.17, 15) is 4.79 Å². The third-order valence-electron chi connectivity index (χ3n) is 6.42. The van der Waals surface area contributed by atoms with E-state index in [1.54, 1.807) is 0 Å². The Labute approximate surface area is 189 Å². The molecule has 0 saturated carbocycles. The van der Waals surface area contributed by atoms with Gasteiger partial charge in [-0.1, -0.05) is 24.3 Å². The summed E-state index contributed by atoms with van der Waals surface area (Å²) in [6.45, 7) is 6.44. The number of hydrogen-bond donors (Lipinski definition) is 1. The molecule has 1 N–H and O–H groups in total. The summed E-state index contributed by atoms with van der Waals surface area (Å²) in [5, 5.41) is 3.56. The van der Waals surface area contributed by atoms with Crippen LogP contribution in [0.15, 0.2) is 48.5 Å². The summed E-state index contributed by atoms with van der Waals surface area (Å²) in [5.41, 5.74) is 2.62. The number of anilines is 1. The van der Waals surface area contributed by atoms with Crippen LogP contribution in [0.4, 0.5) is 5.69 Å². The maximum absolute atomic E-state index is 13.3. The lowest BCUT2D eigenvalue weighted by Crippen LogP contribution is -2.46. The molecule has 3 aliphatic rings. The normalized spacial score (nSPS) is 23.6. The van der Waals surface area contributed by atoms with Crippen molar-refractivity contribution in [2.24, 2.45) is 0 Å². The van der Waals surface area contributed by atoms with Gasteiger partial charge in [-0.3, -0.25) is 9.69 Å². The molecular formula is C25H31N3O4. The van der Waals surface area contributed by atoms with Crippen molar-refractivity contribution in [1.29, 1.82) is 0 Å². The molecule has 7 nitrogen and oxygen atoms in total. The van der Waals surface area contributed by atoms with Crippen LogP contribution in [0.2, 0.25) is 0 Å². The van der Waals surface area contributed by atoms with Gasteiger partial charge in [0.25, 0.3) is 5.91 Å². The Balaban J connectivity index is 1.28. The first-order valence-electron chi connectivity index (χ1n) is 11.6. The maximum atomic E-state index is 13.3. The number of hydrogen-bond acceptors (Lipinski definition) is 6. The van der Waals surface area contributed by atoms with Crippen LogP contribution in [0.5, 0.6) is 5.75 Å². The quantitative estimate of drug-likeness (QED) is 0.718. The Kier molecular flexibility index (Phi) is 6.57. The van der Waals surface area contributed by atoms with Crippen molar-refractivity contribution in [3.8, 4) is 5.75 Å². The zero-order chi connectivity index (χ0) is 21.8. The number of rotatable bonds is 7. The molecule has 170 valence electrons. The largest absolute Gasteiger partial charge is 0.492 e. The molecule has 2 atom stereocenters. The number of para-hydroxylation sites is 1. The number of carbonyl (C=O) groups excluding carboxylic acids is 1. The van der Waals surface area contributed by atoms with Crippen LogP contribution in [0, 0.1) is 0 Å². The van der Waals surface area contributed by atoms with Crippen molar-refractivity contribution in [3.63, 3.8) is 0 Å². The van der Waals surface area contributed by atoms with Gasteiger partial charge in [0.2, 0.25) is 0 Å². The summed E-state index contributed by atoms with van der Waals surface area (Å²) in [7, 11) is 0. The molecule has 2 fully saturated rings. The molecule has 2 unspecified atom stereocenters. The highest BCUT2D eigenvalue weighted by atomic mass is 16.5. The zero-order valence-corrected chi connectivity index (χ0v) is 18.4. The van der Waals surface area contributed by atoms with E-state index >= 15 is 0 Å². The minimum absolute atomic E-state index is 0.0469.